The van der Waals surface area contributed by atoms with E-state index in [0.717, 1.165) is 24.0 Å². The number of nitrogen functional groups attached to an aromatic ring is 1. The lowest BCUT2D eigenvalue weighted by molar-refractivity contribution is -0.144. The molecule has 1 heterocycles. The average molecular weight is 556 g/mol. The Hall–Kier alpha value is -3.43. The molecule has 0 spiro atoms. The van der Waals surface area contributed by atoms with Gasteiger partial charge in [-0.1, -0.05) is 54.6 Å². The van der Waals surface area contributed by atoms with E-state index in [1.54, 1.807) is 24.1 Å². The van der Waals surface area contributed by atoms with E-state index in [2.05, 4.69) is 10.6 Å². The normalized spacial score (nSPS) is 22.7. The largest absolute Gasteiger partial charge is 0.384 e. The fourth-order valence-corrected chi connectivity index (χ4v) is 5.77. The van der Waals surface area contributed by atoms with Crippen LogP contribution in [0.25, 0.3) is 0 Å². The van der Waals surface area contributed by atoms with Crippen molar-refractivity contribution in [3.63, 3.8) is 0 Å². The minimum absolute atomic E-state index is 0. The molecule has 10 heteroatoms. The van der Waals surface area contributed by atoms with Crippen molar-refractivity contribution in [2.75, 3.05) is 7.11 Å². The Morgan fingerprint density at radius 2 is 1.74 bits per heavy atom. The van der Waals surface area contributed by atoms with Gasteiger partial charge in [0.15, 0.2) is 0 Å². The summed E-state index contributed by atoms with van der Waals surface area (Å²) >= 11 is 0. The summed E-state index contributed by atoms with van der Waals surface area (Å²) in [4.78, 5) is 41.4. The Balaban J connectivity index is 0.00000420. The van der Waals surface area contributed by atoms with Gasteiger partial charge in [0.25, 0.3) is 0 Å². The Morgan fingerprint density at radius 1 is 1.05 bits per heavy atom. The summed E-state index contributed by atoms with van der Waals surface area (Å²) in [5.41, 5.74) is 7.96. The molecule has 210 valence electrons. The third-order valence-corrected chi connectivity index (χ3v) is 7.71. The number of hydrogen-bond donors (Lipinski definition) is 4. The van der Waals surface area contributed by atoms with Crippen molar-refractivity contribution >= 4 is 36.0 Å². The fourth-order valence-electron chi connectivity index (χ4n) is 5.77. The number of nitrogens with zero attached hydrogens (tertiary/aromatic N) is 1. The first-order valence-electron chi connectivity index (χ1n) is 13.1. The van der Waals surface area contributed by atoms with E-state index < -0.39 is 12.1 Å². The zero-order chi connectivity index (χ0) is 27.2. The lowest BCUT2D eigenvalue weighted by Crippen LogP contribution is -2.57. The van der Waals surface area contributed by atoms with Crippen LogP contribution in [0, 0.1) is 11.3 Å². The Bertz CT molecular complexity index is 1160. The standard InChI is InChI=1S/C29H37N5O4.ClH/c1-18(35)33-24(14-19-6-4-3-5-7-19)29(37)34-25-16-23(38-2)13-12-22(25)15-26(34)28(36)32-17-20-8-10-21(11-9-20)27(30)31;/h3-11,22-26H,12-17H2,1-2H3,(H3,30,31)(H,32,36)(H,33,35);1H/t22-,23+,24+,25-,26-;/m0./s1. The molecule has 1 aliphatic heterocycles. The molecule has 5 N–H and O–H groups in total. The van der Waals surface area contributed by atoms with Gasteiger partial charge in [-0.05, 0) is 42.7 Å². The first-order valence-corrected chi connectivity index (χ1v) is 13.1. The Kier molecular flexibility index (Phi) is 10.5. The first-order chi connectivity index (χ1) is 18.3. The topological polar surface area (TPSA) is 138 Å². The molecule has 0 aromatic heterocycles. The Labute approximate surface area is 235 Å². The second-order valence-corrected chi connectivity index (χ2v) is 10.3. The van der Waals surface area contributed by atoms with Crippen LogP contribution in [0.4, 0.5) is 0 Å². The number of nitrogens with one attached hydrogen (secondary N) is 3. The van der Waals surface area contributed by atoms with Gasteiger partial charge < -0.3 is 26.0 Å². The van der Waals surface area contributed by atoms with Crippen LogP contribution >= 0.6 is 12.4 Å². The highest BCUT2D eigenvalue weighted by molar-refractivity contribution is 5.95. The summed E-state index contributed by atoms with van der Waals surface area (Å²) in [6.45, 7) is 1.70. The highest BCUT2D eigenvalue weighted by Gasteiger charge is 2.50. The third kappa shape index (κ3) is 7.36. The predicted molar refractivity (Wildman–Crippen MR) is 151 cm³/mol. The van der Waals surface area contributed by atoms with E-state index in [1.165, 1.54) is 6.92 Å². The molecule has 2 aliphatic rings. The van der Waals surface area contributed by atoms with E-state index >= 15 is 0 Å². The first kappa shape index (κ1) is 30.1. The summed E-state index contributed by atoms with van der Waals surface area (Å²) in [5.74, 6) is -0.547. The quantitative estimate of drug-likeness (QED) is 0.278. The summed E-state index contributed by atoms with van der Waals surface area (Å²) in [6.07, 6.45) is 3.41. The highest BCUT2D eigenvalue weighted by atomic mass is 35.5. The summed E-state index contributed by atoms with van der Waals surface area (Å²) in [6, 6.07) is 15.2. The van der Waals surface area contributed by atoms with Crippen molar-refractivity contribution in [1.29, 1.82) is 5.41 Å². The molecule has 4 rings (SSSR count). The number of carbonyl (C=O) groups excluding carboxylic acids is 3. The number of nitrogens with two attached hydrogens (primary N) is 1. The monoisotopic (exact) mass is 555 g/mol. The molecule has 39 heavy (non-hydrogen) atoms. The van der Waals surface area contributed by atoms with Crippen LogP contribution in [-0.4, -0.2) is 59.8 Å². The number of likely N-dealkylation sites (tertiary alicyclic amines) is 1. The van der Waals surface area contributed by atoms with Gasteiger partial charge in [-0.3, -0.25) is 19.8 Å². The van der Waals surface area contributed by atoms with Gasteiger partial charge in [0.05, 0.1) is 6.10 Å². The molecule has 3 amide bonds. The fraction of sp³-hybridized carbons (Fsp3) is 0.448. The zero-order valence-corrected chi connectivity index (χ0v) is 23.2. The van der Waals surface area contributed by atoms with E-state index in [4.69, 9.17) is 15.9 Å². The maximum atomic E-state index is 14.1. The second kappa shape index (κ2) is 13.6. The molecule has 5 atom stereocenters. The van der Waals surface area contributed by atoms with Crippen molar-refractivity contribution in [2.24, 2.45) is 11.7 Å². The summed E-state index contributed by atoms with van der Waals surface area (Å²) in [7, 11) is 1.68. The lowest BCUT2D eigenvalue weighted by atomic mass is 9.83. The van der Waals surface area contributed by atoms with Crippen LogP contribution in [0.2, 0.25) is 0 Å². The molecule has 1 aliphatic carbocycles. The van der Waals surface area contributed by atoms with Gasteiger partial charge in [-0.2, -0.15) is 0 Å². The van der Waals surface area contributed by atoms with E-state index in [1.807, 2.05) is 42.5 Å². The number of halogens is 1. The number of rotatable bonds is 9. The minimum Gasteiger partial charge on any atom is -0.384 e. The Morgan fingerprint density at radius 3 is 2.36 bits per heavy atom. The molecule has 2 aromatic rings. The number of fused-ring (bicyclic) bond motifs is 1. The van der Waals surface area contributed by atoms with Crippen molar-refractivity contribution < 1.29 is 19.1 Å². The average Bonchev–Trinajstić information content (AvgIpc) is 3.30. The summed E-state index contributed by atoms with van der Waals surface area (Å²) < 4.78 is 5.64. The van der Waals surface area contributed by atoms with Gasteiger partial charge in [-0.25, -0.2) is 0 Å². The number of methoxy groups -OCH3 is 1. The van der Waals surface area contributed by atoms with E-state index in [-0.39, 0.29) is 54.0 Å². The predicted octanol–water partition coefficient (Wildman–Crippen LogP) is 2.54. The molecule has 0 bridgehead atoms. The van der Waals surface area contributed by atoms with Crippen molar-refractivity contribution in [3.05, 3.63) is 71.3 Å². The highest BCUT2D eigenvalue weighted by Crippen LogP contribution is 2.41. The van der Waals surface area contributed by atoms with Gasteiger partial charge in [0, 0.05) is 38.6 Å². The van der Waals surface area contributed by atoms with Crippen molar-refractivity contribution in [2.45, 2.75) is 69.8 Å². The van der Waals surface area contributed by atoms with Crippen LogP contribution in [0.1, 0.15) is 49.3 Å². The smallest absolute Gasteiger partial charge is 0.246 e. The second-order valence-electron chi connectivity index (χ2n) is 10.3. The van der Waals surface area contributed by atoms with E-state index in [0.29, 0.717) is 31.4 Å². The molecular formula is C29H38ClN5O4. The lowest BCUT2D eigenvalue weighted by Gasteiger charge is -2.38. The number of carbonyl (C=O) groups is 3. The molecule has 1 saturated carbocycles. The van der Waals surface area contributed by atoms with Gasteiger partial charge >= 0.3 is 0 Å². The molecule has 0 unspecified atom stereocenters. The maximum Gasteiger partial charge on any atom is 0.246 e. The van der Waals surface area contributed by atoms with Crippen molar-refractivity contribution in [3.8, 4) is 0 Å². The minimum atomic E-state index is -0.772. The zero-order valence-electron chi connectivity index (χ0n) is 22.4. The van der Waals surface area contributed by atoms with Crippen LogP contribution in [0.5, 0.6) is 0 Å². The maximum absolute atomic E-state index is 14.1. The van der Waals surface area contributed by atoms with E-state index in [9.17, 15) is 14.4 Å². The molecule has 9 nitrogen and oxygen atoms in total. The number of ether oxygens (including phenoxy) is 1. The number of amidine groups is 1. The number of amides is 3. The third-order valence-electron chi connectivity index (χ3n) is 7.71. The molecule has 2 aromatic carbocycles. The van der Waals surface area contributed by atoms with Crippen LogP contribution in [0.15, 0.2) is 54.6 Å². The van der Waals surface area contributed by atoms with Gasteiger partial charge in [0.2, 0.25) is 17.7 Å². The molecule has 2 fully saturated rings. The van der Waals surface area contributed by atoms with Crippen molar-refractivity contribution in [1.82, 2.24) is 15.5 Å². The van der Waals surface area contributed by atoms with Gasteiger partial charge in [-0.15, -0.1) is 12.4 Å². The molecule has 0 radical (unpaired) electrons. The molecule has 1 saturated heterocycles. The number of benzene rings is 2. The van der Waals surface area contributed by atoms with Gasteiger partial charge in [0.1, 0.15) is 17.9 Å². The summed E-state index contributed by atoms with van der Waals surface area (Å²) in [5, 5.41) is 13.4. The SMILES string of the molecule is CO[C@@H]1CC[C@H]2C[C@@H](C(=O)NCc3ccc(C(=N)N)cc3)N(C(=O)[C@@H](Cc3ccccc3)NC(C)=O)[C@H]2C1.Cl. The van der Waals surface area contributed by atoms with Crippen LogP contribution < -0.4 is 16.4 Å². The van der Waals surface area contributed by atoms with Crippen LogP contribution in [0.3, 0.4) is 0 Å². The van der Waals surface area contributed by atoms with Crippen LogP contribution in [-0.2, 0) is 32.1 Å². The molecular weight excluding hydrogens is 518 g/mol. The number of hydrogen-bond acceptors (Lipinski definition) is 5.